The van der Waals surface area contributed by atoms with Crippen LogP contribution in [0.3, 0.4) is 0 Å². The summed E-state index contributed by atoms with van der Waals surface area (Å²) in [5.74, 6) is -0.252. The minimum absolute atomic E-state index is 0.0466. The highest BCUT2D eigenvalue weighted by molar-refractivity contribution is 5.76. The number of hydrogen-bond acceptors (Lipinski definition) is 10. The average Bonchev–Trinajstić information content (AvgIpc) is 3.40. The number of rotatable bonds is 52. The van der Waals surface area contributed by atoms with Crippen molar-refractivity contribution in [3.05, 3.63) is 60.8 Å². The predicted octanol–water partition coefficient (Wildman–Crippen LogP) is 14.2. The van der Waals surface area contributed by atoms with Crippen molar-refractivity contribution in [2.45, 2.75) is 307 Å². The standard InChI is InChI=1S/C63H113NO10/c1-3-5-7-9-11-13-14-15-16-25-28-31-35-39-43-47-51-59(68)72-52-48-44-40-36-32-29-26-23-21-19-17-18-20-22-24-27-30-34-38-42-46-50-58(67)64-55(56(66)49-45-41-37-33-12-10-8-6-4-2)54-73-63-62(71)61(70)60(69)57(53-65)74-63/h4,6,12,29,32-33,40,44-45,49,55-57,60-63,65-66,69-71H,3,5,7-11,13-28,30-31,34-39,41-43,46-48,50-54H2,1-2H3,(H,64,67)/b6-4+,32-29-,33-12+,44-40-,49-45+. The minimum atomic E-state index is -1.58. The van der Waals surface area contributed by atoms with Gasteiger partial charge in [0.05, 0.1) is 32.0 Å². The highest BCUT2D eigenvalue weighted by atomic mass is 16.7. The normalized spacial score (nSPS) is 19.3. The summed E-state index contributed by atoms with van der Waals surface area (Å²) in [5.41, 5.74) is 0. The Bertz CT molecular complexity index is 1410. The fraction of sp³-hybridized carbons (Fsp3) is 0.810. The van der Waals surface area contributed by atoms with Crippen molar-refractivity contribution in [1.82, 2.24) is 5.32 Å². The van der Waals surface area contributed by atoms with Crippen LogP contribution in [0.4, 0.5) is 0 Å². The van der Waals surface area contributed by atoms with Crippen LogP contribution in [0.25, 0.3) is 0 Å². The number of hydrogen-bond donors (Lipinski definition) is 6. The molecule has 0 bridgehead atoms. The van der Waals surface area contributed by atoms with E-state index in [9.17, 15) is 35.1 Å². The van der Waals surface area contributed by atoms with E-state index >= 15 is 0 Å². The first-order chi connectivity index (χ1) is 36.2. The summed E-state index contributed by atoms with van der Waals surface area (Å²) in [5, 5.41) is 54.1. The molecule has 11 nitrogen and oxygen atoms in total. The van der Waals surface area contributed by atoms with Gasteiger partial charge in [-0.1, -0.05) is 241 Å². The molecule has 74 heavy (non-hydrogen) atoms. The second-order valence-corrected chi connectivity index (χ2v) is 21.0. The Kier molecular flexibility index (Phi) is 49.1. The maximum atomic E-state index is 13.0. The Morgan fingerprint density at radius 3 is 1.49 bits per heavy atom. The number of aliphatic hydroxyl groups excluding tert-OH is 5. The van der Waals surface area contributed by atoms with E-state index in [2.05, 4.69) is 54.8 Å². The first-order valence-corrected chi connectivity index (χ1v) is 30.5. The quantitative estimate of drug-likeness (QED) is 0.0195. The van der Waals surface area contributed by atoms with Gasteiger partial charge in [-0.05, 0) is 71.1 Å². The van der Waals surface area contributed by atoms with Crippen LogP contribution in [0, 0.1) is 0 Å². The van der Waals surface area contributed by atoms with Crippen LogP contribution in [0.1, 0.15) is 264 Å². The second kappa shape index (κ2) is 52.4. The fourth-order valence-electron chi connectivity index (χ4n) is 9.37. The molecule has 1 fully saturated rings. The van der Waals surface area contributed by atoms with Crippen molar-refractivity contribution in [2.75, 3.05) is 19.8 Å². The molecule has 0 saturated carbocycles. The molecule has 1 aliphatic rings. The van der Waals surface area contributed by atoms with Crippen molar-refractivity contribution >= 4 is 11.9 Å². The zero-order valence-corrected chi connectivity index (χ0v) is 47.3. The van der Waals surface area contributed by atoms with Crippen LogP contribution in [0.15, 0.2) is 60.8 Å². The molecular weight excluding hydrogens is 931 g/mol. The maximum Gasteiger partial charge on any atom is 0.305 e. The van der Waals surface area contributed by atoms with E-state index in [0.717, 1.165) is 83.5 Å². The van der Waals surface area contributed by atoms with Gasteiger partial charge in [-0.3, -0.25) is 9.59 Å². The number of unbranched alkanes of at least 4 members (excludes halogenated alkanes) is 31. The summed E-state index contributed by atoms with van der Waals surface area (Å²) in [6, 6.07) is -0.838. The largest absolute Gasteiger partial charge is 0.465 e. The van der Waals surface area contributed by atoms with Crippen LogP contribution in [-0.4, -0.2) is 100 Å². The Balaban J connectivity index is 2.02. The SMILES string of the molecule is C/C=C/CC/C=C/CC/C=C/C(O)C(COC1OC(CO)C(O)C(O)C1O)NC(=O)CCCCCCCCCCCCCCCC/C=C\C/C=C\CCOC(=O)CCCCCCCCCCCCCCCCCC. The lowest BCUT2D eigenvalue weighted by Gasteiger charge is -2.40. The van der Waals surface area contributed by atoms with Gasteiger partial charge < -0.3 is 45.1 Å². The molecule has 0 radical (unpaired) electrons. The van der Waals surface area contributed by atoms with Crippen molar-refractivity contribution < 1.29 is 49.3 Å². The Hall–Kier alpha value is -2.64. The second-order valence-electron chi connectivity index (χ2n) is 21.0. The first-order valence-electron chi connectivity index (χ1n) is 30.5. The molecule has 6 N–H and O–H groups in total. The molecule has 0 aromatic heterocycles. The average molecular weight is 1040 g/mol. The molecule has 1 aliphatic heterocycles. The Labute approximate surface area is 452 Å². The van der Waals surface area contributed by atoms with E-state index < -0.39 is 49.5 Å². The van der Waals surface area contributed by atoms with Gasteiger partial charge in [0.1, 0.15) is 24.4 Å². The number of carbonyl (C=O) groups is 2. The molecule has 0 aromatic rings. The summed E-state index contributed by atoms with van der Waals surface area (Å²) in [4.78, 5) is 25.0. The lowest BCUT2D eigenvalue weighted by Crippen LogP contribution is -2.60. The molecular formula is C63H113NO10. The van der Waals surface area contributed by atoms with E-state index in [1.54, 1.807) is 6.08 Å². The zero-order chi connectivity index (χ0) is 53.8. The number of aliphatic hydroxyl groups is 5. The molecule has 11 heteroatoms. The number of allylic oxidation sites excluding steroid dienone is 8. The van der Waals surface area contributed by atoms with Gasteiger partial charge in [0.2, 0.25) is 5.91 Å². The lowest BCUT2D eigenvalue weighted by molar-refractivity contribution is -0.302. The predicted molar refractivity (Wildman–Crippen MR) is 306 cm³/mol. The van der Waals surface area contributed by atoms with E-state index in [1.807, 2.05) is 19.1 Å². The van der Waals surface area contributed by atoms with Crippen molar-refractivity contribution in [3.8, 4) is 0 Å². The Morgan fingerprint density at radius 1 is 0.527 bits per heavy atom. The molecule has 430 valence electrons. The van der Waals surface area contributed by atoms with Crippen molar-refractivity contribution in [3.63, 3.8) is 0 Å². The molecule has 0 aromatic carbocycles. The lowest BCUT2D eigenvalue weighted by atomic mass is 9.99. The minimum Gasteiger partial charge on any atom is -0.465 e. The summed E-state index contributed by atoms with van der Waals surface area (Å²) < 4.78 is 16.6. The van der Waals surface area contributed by atoms with E-state index in [-0.39, 0.29) is 18.5 Å². The number of nitrogens with one attached hydrogen (secondary N) is 1. The number of carbonyl (C=O) groups excluding carboxylic acids is 2. The van der Waals surface area contributed by atoms with E-state index in [4.69, 9.17) is 14.2 Å². The van der Waals surface area contributed by atoms with Gasteiger partial charge in [0, 0.05) is 12.8 Å². The van der Waals surface area contributed by atoms with Gasteiger partial charge in [-0.25, -0.2) is 0 Å². The number of ether oxygens (including phenoxy) is 3. The van der Waals surface area contributed by atoms with Crippen LogP contribution < -0.4 is 5.32 Å². The molecule has 1 saturated heterocycles. The third kappa shape index (κ3) is 41.5. The van der Waals surface area contributed by atoms with Crippen LogP contribution in [-0.2, 0) is 23.8 Å². The van der Waals surface area contributed by atoms with Crippen LogP contribution >= 0.6 is 0 Å². The number of esters is 1. The van der Waals surface area contributed by atoms with Gasteiger partial charge in [0.15, 0.2) is 6.29 Å². The van der Waals surface area contributed by atoms with Crippen molar-refractivity contribution in [1.29, 1.82) is 0 Å². The summed E-state index contributed by atoms with van der Waals surface area (Å²) in [7, 11) is 0. The van der Waals surface area contributed by atoms with Crippen molar-refractivity contribution in [2.24, 2.45) is 0 Å². The zero-order valence-electron chi connectivity index (χ0n) is 47.3. The molecule has 0 aliphatic carbocycles. The molecule has 7 atom stereocenters. The number of amides is 1. The molecule has 1 rings (SSSR count). The topological polar surface area (TPSA) is 175 Å². The fourth-order valence-corrected chi connectivity index (χ4v) is 9.37. The van der Waals surface area contributed by atoms with Crippen LogP contribution in [0.2, 0.25) is 0 Å². The van der Waals surface area contributed by atoms with E-state index in [1.165, 1.54) is 154 Å². The van der Waals surface area contributed by atoms with Gasteiger partial charge in [-0.15, -0.1) is 0 Å². The summed E-state index contributed by atoms with van der Waals surface area (Å²) >= 11 is 0. The monoisotopic (exact) mass is 1040 g/mol. The third-order valence-corrected chi connectivity index (χ3v) is 14.2. The highest BCUT2D eigenvalue weighted by Gasteiger charge is 2.44. The smallest absolute Gasteiger partial charge is 0.305 e. The maximum absolute atomic E-state index is 13.0. The first kappa shape index (κ1) is 69.4. The molecule has 1 amide bonds. The van der Waals surface area contributed by atoms with Crippen LogP contribution in [0.5, 0.6) is 0 Å². The molecule has 0 spiro atoms. The van der Waals surface area contributed by atoms with Gasteiger partial charge in [0.25, 0.3) is 0 Å². The van der Waals surface area contributed by atoms with Gasteiger partial charge >= 0.3 is 5.97 Å². The highest BCUT2D eigenvalue weighted by Crippen LogP contribution is 2.23. The molecule has 7 unspecified atom stereocenters. The van der Waals surface area contributed by atoms with E-state index in [0.29, 0.717) is 19.4 Å². The Morgan fingerprint density at radius 2 is 0.973 bits per heavy atom. The molecule has 1 heterocycles. The summed E-state index contributed by atoms with van der Waals surface area (Å²) in [6.07, 6.45) is 58.0. The third-order valence-electron chi connectivity index (χ3n) is 14.2. The summed E-state index contributed by atoms with van der Waals surface area (Å²) in [6.45, 7) is 3.98. The van der Waals surface area contributed by atoms with Gasteiger partial charge in [-0.2, -0.15) is 0 Å².